The zero-order valence-electron chi connectivity index (χ0n) is 14.4. The number of amides is 1. The highest BCUT2D eigenvalue weighted by atomic mass is 32.2. The summed E-state index contributed by atoms with van der Waals surface area (Å²) in [5, 5.41) is 2.95. The van der Waals surface area contributed by atoms with E-state index in [0.717, 1.165) is 21.9 Å². The van der Waals surface area contributed by atoms with E-state index in [0.29, 0.717) is 18.9 Å². The van der Waals surface area contributed by atoms with Crippen LogP contribution in [0.15, 0.2) is 53.4 Å². The lowest BCUT2D eigenvalue weighted by Gasteiger charge is -2.13. The summed E-state index contributed by atoms with van der Waals surface area (Å²) in [6, 6.07) is 16.0. The maximum absolute atomic E-state index is 12.0. The fourth-order valence-electron chi connectivity index (χ4n) is 2.11. The third kappa shape index (κ3) is 5.81. The standard InChI is InChI=1S/C19H24N2O2S/c1-4-23-17-9-11-18(12-10-17)24-14-19(22)20-13-15-5-7-16(8-6-15)21(2)3/h5-12H,4,13-14H2,1-3H3,(H,20,22). The number of nitrogens with zero attached hydrogens (tertiary/aromatic N) is 1. The number of ether oxygens (including phenoxy) is 1. The van der Waals surface area contributed by atoms with Crippen LogP contribution in [-0.4, -0.2) is 32.4 Å². The van der Waals surface area contributed by atoms with Crippen molar-refractivity contribution in [3.8, 4) is 5.75 Å². The zero-order chi connectivity index (χ0) is 17.4. The van der Waals surface area contributed by atoms with Crippen LogP contribution in [0.2, 0.25) is 0 Å². The Bertz CT molecular complexity index is 639. The van der Waals surface area contributed by atoms with Gasteiger partial charge in [0.2, 0.25) is 5.91 Å². The molecule has 0 aromatic heterocycles. The van der Waals surface area contributed by atoms with Crippen molar-refractivity contribution < 1.29 is 9.53 Å². The predicted octanol–water partition coefficient (Wildman–Crippen LogP) is 3.56. The van der Waals surface area contributed by atoms with E-state index < -0.39 is 0 Å². The van der Waals surface area contributed by atoms with Crippen molar-refractivity contribution in [3.63, 3.8) is 0 Å². The number of carbonyl (C=O) groups excluding carboxylic acids is 1. The molecule has 0 saturated carbocycles. The highest BCUT2D eigenvalue weighted by molar-refractivity contribution is 8.00. The lowest BCUT2D eigenvalue weighted by atomic mass is 10.2. The fraction of sp³-hybridized carbons (Fsp3) is 0.316. The first kappa shape index (κ1) is 18.2. The Morgan fingerprint density at radius 1 is 1.08 bits per heavy atom. The Labute approximate surface area is 148 Å². The Morgan fingerprint density at radius 3 is 2.33 bits per heavy atom. The maximum atomic E-state index is 12.0. The normalized spacial score (nSPS) is 10.3. The van der Waals surface area contributed by atoms with E-state index in [1.807, 2.05) is 57.4 Å². The topological polar surface area (TPSA) is 41.6 Å². The molecule has 128 valence electrons. The van der Waals surface area contributed by atoms with Crippen molar-refractivity contribution in [2.75, 3.05) is 31.4 Å². The van der Waals surface area contributed by atoms with Gasteiger partial charge in [-0.3, -0.25) is 4.79 Å². The summed E-state index contributed by atoms with van der Waals surface area (Å²) in [6.45, 7) is 3.17. The summed E-state index contributed by atoms with van der Waals surface area (Å²) in [6.07, 6.45) is 0. The van der Waals surface area contributed by atoms with Gasteiger partial charge in [-0.05, 0) is 48.9 Å². The van der Waals surface area contributed by atoms with E-state index in [9.17, 15) is 4.79 Å². The van der Waals surface area contributed by atoms with Gasteiger partial charge in [-0.25, -0.2) is 0 Å². The number of hydrogen-bond acceptors (Lipinski definition) is 4. The van der Waals surface area contributed by atoms with Crippen LogP contribution in [0.4, 0.5) is 5.69 Å². The van der Waals surface area contributed by atoms with E-state index in [1.165, 1.54) is 11.8 Å². The largest absolute Gasteiger partial charge is 0.494 e. The summed E-state index contributed by atoms with van der Waals surface area (Å²) in [5.41, 5.74) is 2.25. The van der Waals surface area contributed by atoms with E-state index in [1.54, 1.807) is 0 Å². The summed E-state index contributed by atoms with van der Waals surface area (Å²) in [7, 11) is 4.02. The van der Waals surface area contributed by atoms with Crippen LogP contribution < -0.4 is 15.0 Å². The van der Waals surface area contributed by atoms with Gasteiger partial charge >= 0.3 is 0 Å². The molecule has 1 N–H and O–H groups in total. The second kappa shape index (κ2) is 9.23. The third-order valence-corrected chi connectivity index (χ3v) is 4.46. The molecule has 0 radical (unpaired) electrons. The number of anilines is 1. The number of nitrogens with one attached hydrogen (secondary N) is 1. The van der Waals surface area contributed by atoms with E-state index in [2.05, 4.69) is 22.3 Å². The van der Waals surface area contributed by atoms with Crippen molar-refractivity contribution in [2.24, 2.45) is 0 Å². The molecule has 2 rings (SSSR count). The Balaban J connectivity index is 1.74. The first-order chi connectivity index (χ1) is 11.6. The molecule has 0 atom stereocenters. The Hall–Kier alpha value is -2.14. The number of hydrogen-bond donors (Lipinski definition) is 1. The van der Waals surface area contributed by atoms with E-state index in [4.69, 9.17) is 4.74 Å². The molecule has 5 heteroatoms. The number of rotatable bonds is 8. The molecular formula is C19H24N2O2S. The Morgan fingerprint density at radius 2 is 1.75 bits per heavy atom. The van der Waals surface area contributed by atoms with Gasteiger partial charge in [0.15, 0.2) is 0 Å². The first-order valence-corrected chi connectivity index (χ1v) is 8.95. The van der Waals surface area contributed by atoms with Crippen LogP contribution >= 0.6 is 11.8 Å². The molecule has 0 aliphatic carbocycles. The van der Waals surface area contributed by atoms with Crippen molar-refractivity contribution in [3.05, 3.63) is 54.1 Å². The lowest BCUT2D eigenvalue weighted by molar-refractivity contribution is -0.118. The van der Waals surface area contributed by atoms with Gasteiger partial charge in [0.1, 0.15) is 5.75 Å². The minimum Gasteiger partial charge on any atom is -0.494 e. The monoisotopic (exact) mass is 344 g/mol. The van der Waals surface area contributed by atoms with Gasteiger partial charge in [0.05, 0.1) is 12.4 Å². The molecule has 0 bridgehead atoms. The summed E-state index contributed by atoms with van der Waals surface area (Å²) in [4.78, 5) is 15.1. The summed E-state index contributed by atoms with van der Waals surface area (Å²) in [5.74, 6) is 1.29. The highest BCUT2D eigenvalue weighted by Gasteiger charge is 2.04. The quantitative estimate of drug-likeness (QED) is 0.744. The van der Waals surface area contributed by atoms with E-state index in [-0.39, 0.29) is 5.91 Å². The Kier molecular flexibility index (Phi) is 7.00. The molecule has 0 aliphatic heterocycles. The minimum absolute atomic E-state index is 0.0329. The summed E-state index contributed by atoms with van der Waals surface area (Å²) >= 11 is 1.52. The second-order valence-corrected chi connectivity index (χ2v) is 6.58. The SMILES string of the molecule is CCOc1ccc(SCC(=O)NCc2ccc(N(C)C)cc2)cc1. The van der Waals surface area contributed by atoms with Gasteiger partial charge in [0, 0.05) is 31.2 Å². The van der Waals surface area contributed by atoms with E-state index >= 15 is 0 Å². The minimum atomic E-state index is 0.0329. The second-order valence-electron chi connectivity index (χ2n) is 5.53. The zero-order valence-corrected chi connectivity index (χ0v) is 15.2. The lowest BCUT2D eigenvalue weighted by Crippen LogP contribution is -2.24. The molecule has 0 fully saturated rings. The van der Waals surface area contributed by atoms with Crippen molar-refractivity contribution in [1.82, 2.24) is 5.32 Å². The molecule has 0 aliphatic rings. The van der Waals surface area contributed by atoms with Crippen molar-refractivity contribution in [1.29, 1.82) is 0 Å². The van der Waals surface area contributed by atoms with Gasteiger partial charge in [-0.1, -0.05) is 12.1 Å². The fourth-order valence-corrected chi connectivity index (χ4v) is 2.84. The first-order valence-electron chi connectivity index (χ1n) is 7.97. The highest BCUT2D eigenvalue weighted by Crippen LogP contribution is 2.21. The molecular weight excluding hydrogens is 320 g/mol. The maximum Gasteiger partial charge on any atom is 0.230 e. The van der Waals surface area contributed by atoms with Gasteiger partial charge < -0.3 is 15.0 Å². The molecule has 2 aromatic rings. The molecule has 0 heterocycles. The molecule has 4 nitrogen and oxygen atoms in total. The van der Waals surface area contributed by atoms with Crippen molar-refractivity contribution >= 4 is 23.4 Å². The molecule has 24 heavy (non-hydrogen) atoms. The van der Waals surface area contributed by atoms with Crippen molar-refractivity contribution in [2.45, 2.75) is 18.4 Å². The summed E-state index contributed by atoms with van der Waals surface area (Å²) < 4.78 is 5.41. The van der Waals surface area contributed by atoms with Crippen LogP contribution in [0.1, 0.15) is 12.5 Å². The van der Waals surface area contributed by atoms with Gasteiger partial charge in [0.25, 0.3) is 0 Å². The number of carbonyl (C=O) groups is 1. The number of thioether (sulfide) groups is 1. The van der Waals surface area contributed by atoms with Crippen LogP contribution in [0.3, 0.4) is 0 Å². The van der Waals surface area contributed by atoms with Crippen LogP contribution in [0.5, 0.6) is 5.75 Å². The average molecular weight is 344 g/mol. The van der Waals surface area contributed by atoms with Gasteiger partial charge in [-0.2, -0.15) is 0 Å². The molecule has 0 spiro atoms. The number of benzene rings is 2. The predicted molar refractivity (Wildman–Crippen MR) is 101 cm³/mol. The molecule has 1 amide bonds. The molecule has 0 saturated heterocycles. The molecule has 0 unspecified atom stereocenters. The third-order valence-electron chi connectivity index (χ3n) is 3.45. The van der Waals surface area contributed by atoms with Crippen LogP contribution in [0.25, 0.3) is 0 Å². The van der Waals surface area contributed by atoms with Gasteiger partial charge in [-0.15, -0.1) is 11.8 Å². The van der Waals surface area contributed by atoms with Crippen LogP contribution in [-0.2, 0) is 11.3 Å². The van der Waals surface area contributed by atoms with Crippen LogP contribution in [0, 0.1) is 0 Å². The molecule has 2 aromatic carbocycles. The average Bonchev–Trinajstić information content (AvgIpc) is 2.60. The smallest absolute Gasteiger partial charge is 0.230 e.